The zero-order valence-electron chi connectivity index (χ0n) is 11.9. The topological polar surface area (TPSA) is 59.0 Å². The summed E-state index contributed by atoms with van der Waals surface area (Å²) < 4.78 is 1.93. The summed E-state index contributed by atoms with van der Waals surface area (Å²) in [7, 11) is 0. The lowest BCUT2D eigenvalue weighted by atomic mass is 10.1. The van der Waals surface area contributed by atoms with Gasteiger partial charge in [0.2, 0.25) is 0 Å². The Balaban J connectivity index is 1.91. The third-order valence-corrected chi connectivity index (χ3v) is 3.07. The smallest absolute Gasteiger partial charge is 0.251 e. The molecule has 0 aliphatic carbocycles. The molecule has 0 aliphatic heterocycles. The molecule has 2 N–H and O–H groups in total. The number of rotatable bonds is 6. The molecule has 0 saturated heterocycles. The summed E-state index contributed by atoms with van der Waals surface area (Å²) in [5.74, 6) is -0.0364. The Bertz CT molecular complexity index is 563. The van der Waals surface area contributed by atoms with Crippen LogP contribution in [0.15, 0.2) is 36.9 Å². The minimum atomic E-state index is -0.0364. The summed E-state index contributed by atoms with van der Waals surface area (Å²) in [6.45, 7) is 6.18. The Labute approximate surface area is 119 Å². The molecule has 1 heterocycles. The van der Waals surface area contributed by atoms with Crippen LogP contribution in [0.5, 0.6) is 0 Å². The van der Waals surface area contributed by atoms with Crippen molar-refractivity contribution in [1.82, 2.24) is 14.9 Å². The van der Waals surface area contributed by atoms with E-state index in [-0.39, 0.29) is 5.91 Å². The van der Waals surface area contributed by atoms with Crippen LogP contribution in [0.1, 0.15) is 22.8 Å². The van der Waals surface area contributed by atoms with E-state index in [0.717, 1.165) is 29.9 Å². The molecule has 0 saturated carbocycles. The van der Waals surface area contributed by atoms with Crippen molar-refractivity contribution in [2.45, 2.75) is 20.4 Å². The summed E-state index contributed by atoms with van der Waals surface area (Å²) in [5, 5.41) is 6.16. The van der Waals surface area contributed by atoms with Crippen LogP contribution in [0, 0.1) is 6.92 Å². The fourth-order valence-corrected chi connectivity index (χ4v) is 2.05. The molecule has 0 aliphatic rings. The molecule has 0 unspecified atom stereocenters. The highest BCUT2D eigenvalue weighted by molar-refractivity contribution is 5.96. The highest BCUT2D eigenvalue weighted by Crippen LogP contribution is 2.14. The van der Waals surface area contributed by atoms with Crippen LogP contribution >= 0.6 is 0 Å². The number of carbonyl (C=O) groups is 1. The normalized spacial score (nSPS) is 10.3. The third kappa shape index (κ3) is 3.60. The van der Waals surface area contributed by atoms with Gasteiger partial charge in [0.25, 0.3) is 5.91 Å². The number of nitrogens with one attached hydrogen (secondary N) is 2. The summed E-state index contributed by atoms with van der Waals surface area (Å²) in [4.78, 5) is 16.1. The second-order valence-electron chi connectivity index (χ2n) is 4.62. The fourth-order valence-electron chi connectivity index (χ4n) is 2.05. The van der Waals surface area contributed by atoms with Crippen LogP contribution in [-0.2, 0) is 6.54 Å². The monoisotopic (exact) mass is 272 g/mol. The average Bonchev–Trinajstić information content (AvgIpc) is 2.92. The zero-order chi connectivity index (χ0) is 14.4. The van der Waals surface area contributed by atoms with Gasteiger partial charge in [-0.25, -0.2) is 4.98 Å². The van der Waals surface area contributed by atoms with E-state index in [0.29, 0.717) is 6.54 Å². The van der Waals surface area contributed by atoms with Gasteiger partial charge >= 0.3 is 0 Å². The third-order valence-electron chi connectivity index (χ3n) is 3.07. The molecule has 0 spiro atoms. The van der Waals surface area contributed by atoms with Crippen LogP contribution in [0.3, 0.4) is 0 Å². The summed E-state index contributed by atoms with van der Waals surface area (Å²) in [5.41, 5.74) is 2.74. The predicted molar refractivity (Wildman–Crippen MR) is 79.9 cm³/mol. The Morgan fingerprint density at radius 1 is 1.40 bits per heavy atom. The Morgan fingerprint density at radius 2 is 2.25 bits per heavy atom. The molecule has 0 radical (unpaired) electrons. The number of aromatic nitrogens is 2. The molecular weight excluding hydrogens is 252 g/mol. The van der Waals surface area contributed by atoms with Crippen molar-refractivity contribution >= 4 is 11.6 Å². The second-order valence-corrected chi connectivity index (χ2v) is 4.62. The second kappa shape index (κ2) is 6.75. The van der Waals surface area contributed by atoms with Gasteiger partial charge in [-0.05, 0) is 37.6 Å². The lowest BCUT2D eigenvalue weighted by Gasteiger charge is -2.10. The van der Waals surface area contributed by atoms with Gasteiger partial charge in [-0.2, -0.15) is 0 Å². The Kier molecular flexibility index (Phi) is 4.76. The lowest BCUT2D eigenvalue weighted by Crippen LogP contribution is -2.27. The van der Waals surface area contributed by atoms with Gasteiger partial charge in [0.15, 0.2) is 0 Å². The van der Waals surface area contributed by atoms with E-state index in [1.807, 2.05) is 42.8 Å². The van der Waals surface area contributed by atoms with Crippen LogP contribution in [0.4, 0.5) is 5.69 Å². The molecule has 2 rings (SSSR count). The number of hydrogen-bond acceptors (Lipinski definition) is 3. The van der Waals surface area contributed by atoms with Crippen molar-refractivity contribution < 1.29 is 4.79 Å². The number of imidazole rings is 1. The van der Waals surface area contributed by atoms with E-state index in [1.54, 1.807) is 12.5 Å². The van der Waals surface area contributed by atoms with Crippen LogP contribution in [0.2, 0.25) is 0 Å². The van der Waals surface area contributed by atoms with Crippen molar-refractivity contribution in [3.8, 4) is 0 Å². The molecule has 0 bridgehead atoms. The molecular formula is C15H20N4O. The Hall–Kier alpha value is -2.30. The van der Waals surface area contributed by atoms with Gasteiger partial charge in [0, 0.05) is 43.3 Å². The van der Waals surface area contributed by atoms with Crippen molar-refractivity contribution in [3.63, 3.8) is 0 Å². The maximum Gasteiger partial charge on any atom is 0.251 e. The van der Waals surface area contributed by atoms with Gasteiger partial charge in [0.1, 0.15) is 0 Å². The number of aryl methyl sites for hydroxylation is 1. The molecule has 5 heteroatoms. The van der Waals surface area contributed by atoms with Crippen molar-refractivity contribution in [3.05, 3.63) is 48.0 Å². The maximum atomic E-state index is 12.1. The van der Waals surface area contributed by atoms with Crippen molar-refractivity contribution in [2.75, 3.05) is 18.4 Å². The highest BCUT2D eigenvalue weighted by atomic mass is 16.1. The number of carbonyl (C=O) groups excluding carboxylic acids is 1. The molecule has 5 nitrogen and oxygen atoms in total. The maximum absolute atomic E-state index is 12.1. The quantitative estimate of drug-likeness (QED) is 0.846. The van der Waals surface area contributed by atoms with E-state index in [9.17, 15) is 4.79 Å². The first-order valence-corrected chi connectivity index (χ1v) is 6.79. The molecule has 1 amide bonds. The SMILES string of the molecule is CCNc1ccc(C(=O)NCCn2ccnc2)c(C)c1. The fraction of sp³-hybridized carbons (Fsp3) is 0.333. The summed E-state index contributed by atoms with van der Waals surface area (Å²) in [6, 6.07) is 5.79. The lowest BCUT2D eigenvalue weighted by molar-refractivity contribution is 0.0951. The largest absolute Gasteiger partial charge is 0.385 e. The molecule has 0 fully saturated rings. The molecule has 1 aromatic heterocycles. The summed E-state index contributed by atoms with van der Waals surface area (Å²) >= 11 is 0. The van der Waals surface area contributed by atoms with E-state index >= 15 is 0 Å². The summed E-state index contributed by atoms with van der Waals surface area (Å²) in [6.07, 6.45) is 5.34. The standard InChI is InChI=1S/C15H20N4O/c1-3-17-13-4-5-14(12(2)10-13)15(20)18-7-9-19-8-6-16-11-19/h4-6,8,10-11,17H,3,7,9H2,1-2H3,(H,18,20). The van der Waals surface area contributed by atoms with Crippen LogP contribution < -0.4 is 10.6 Å². The molecule has 1 aromatic carbocycles. The van der Waals surface area contributed by atoms with E-state index in [2.05, 4.69) is 15.6 Å². The molecule has 2 aromatic rings. The van der Waals surface area contributed by atoms with Gasteiger partial charge in [0.05, 0.1) is 6.33 Å². The van der Waals surface area contributed by atoms with Crippen molar-refractivity contribution in [1.29, 1.82) is 0 Å². The number of anilines is 1. The van der Waals surface area contributed by atoms with E-state index in [4.69, 9.17) is 0 Å². The molecule has 0 atom stereocenters. The molecule has 106 valence electrons. The number of nitrogens with zero attached hydrogens (tertiary/aromatic N) is 2. The van der Waals surface area contributed by atoms with Gasteiger partial charge < -0.3 is 15.2 Å². The van der Waals surface area contributed by atoms with Gasteiger partial charge in [-0.1, -0.05) is 0 Å². The van der Waals surface area contributed by atoms with Gasteiger partial charge in [-0.3, -0.25) is 4.79 Å². The first-order chi connectivity index (χ1) is 9.70. The first kappa shape index (κ1) is 14.1. The van der Waals surface area contributed by atoms with E-state index < -0.39 is 0 Å². The molecule has 20 heavy (non-hydrogen) atoms. The van der Waals surface area contributed by atoms with E-state index in [1.165, 1.54) is 0 Å². The zero-order valence-corrected chi connectivity index (χ0v) is 11.9. The predicted octanol–water partition coefficient (Wildman–Crippen LogP) is 2.05. The highest BCUT2D eigenvalue weighted by Gasteiger charge is 2.08. The Morgan fingerprint density at radius 3 is 2.90 bits per heavy atom. The number of amides is 1. The van der Waals surface area contributed by atoms with Crippen LogP contribution in [-0.4, -0.2) is 28.5 Å². The van der Waals surface area contributed by atoms with Gasteiger partial charge in [-0.15, -0.1) is 0 Å². The minimum Gasteiger partial charge on any atom is -0.385 e. The van der Waals surface area contributed by atoms with Crippen LogP contribution in [0.25, 0.3) is 0 Å². The number of benzene rings is 1. The first-order valence-electron chi connectivity index (χ1n) is 6.79. The average molecular weight is 272 g/mol. The minimum absolute atomic E-state index is 0.0364. The number of hydrogen-bond donors (Lipinski definition) is 2. The van der Waals surface area contributed by atoms with Crippen molar-refractivity contribution in [2.24, 2.45) is 0 Å².